The first-order valence-corrected chi connectivity index (χ1v) is 22.0. The molecule has 2 aromatic carbocycles. The largest absolute Gasteiger partial charge is 0.408 e. The van der Waals surface area contributed by atoms with Crippen LogP contribution in [0, 0.1) is 0 Å². The molecule has 4 rings (SSSR count). The van der Waals surface area contributed by atoms with E-state index in [0.717, 1.165) is 18.1 Å². The molecule has 0 spiro atoms. The Kier molecular flexibility index (Phi) is 12.6. The molecule has 0 unspecified atom stereocenters. The Labute approximate surface area is 286 Å². The van der Waals surface area contributed by atoms with Crippen LogP contribution < -0.4 is 10.4 Å². The molecule has 2 saturated heterocycles. The molecule has 0 saturated carbocycles. The van der Waals surface area contributed by atoms with Crippen LogP contribution in [0.15, 0.2) is 72.8 Å². The van der Waals surface area contributed by atoms with Crippen molar-refractivity contribution in [3.63, 3.8) is 0 Å². The molecule has 1 N–H and O–H groups in total. The summed E-state index contributed by atoms with van der Waals surface area (Å²) < 4.78 is 39.5. The summed E-state index contributed by atoms with van der Waals surface area (Å²) in [5.41, 5.74) is 0. The molecule has 9 heteroatoms. The van der Waals surface area contributed by atoms with E-state index < -0.39 is 40.4 Å². The average molecular weight is 685 g/mol. The van der Waals surface area contributed by atoms with Crippen LogP contribution in [0.4, 0.5) is 0 Å². The van der Waals surface area contributed by atoms with Crippen molar-refractivity contribution in [2.24, 2.45) is 0 Å². The van der Waals surface area contributed by atoms with Crippen LogP contribution in [-0.2, 0) is 27.8 Å². The molecule has 2 aromatic rings. The lowest BCUT2D eigenvalue weighted by Gasteiger charge is -2.44. The Morgan fingerprint density at radius 3 is 1.87 bits per heavy atom. The molecule has 0 aliphatic carbocycles. The van der Waals surface area contributed by atoms with E-state index in [2.05, 4.69) is 108 Å². The van der Waals surface area contributed by atoms with Gasteiger partial charge in [-0.1, -0.05) is 114 Å². The topological polar surface area (TPSA) is 75.6 Å². The first kappa shape index (κ1) is 38.1. The van der Waals surface area contributed by atoms with E-state index in [1.54, 1.807) is 0 Å². The SMILES string of the molecule is CC[Si](CC)(CC)O[C@H](/C=C\C[C@H](O)[C@H]1COC(C)(C)O1)[C@H]1OC(C)(C)O[C@@H]1CO[Si](c1ccccc1)(c1ccccc1)C(C)(C)C. The first-order chi connectivity index (χ1) is 22.1. The summed E-state index contributed by atoms with van der Waals surface area (Å²) in [4.78, 5) is 0. The average Bonchev–Trinajstić information content (AvgIpc) is 3.57. The Hall–Kier alpha value is -1.67. The summed E-state index contributed by atoms with van der Waals surface area (Å²) in [6.07, 6.45) is 2.34. The van der Waals surface area contributed by atoms with Crippen LogP contribution in [0.1, 0.15) is 75.7 Å². The summed E-state index contributed by atoms with van der Waals surface area (Å²) in [5.74, 6) is -1.50. The van der Waals surface area contributed by atoms with Crippen molar-refractivity contribution >= 4 is 27.0 Å². The lowest BCUT2D eigenvalue weighted by Crippen LogP contribution is -2.67. The molecule has 47 heavy (non-hydrogen) atoms. The van der Waals surface area contributed by atoms with Gasteiger partial charge in [-0.25, -0.2) is 0 Å². The minimum Gasteiger partial charge on any atom is -0.408 e. The van der Waals surface area contributed by atoms with Gasteiger partial charge < -0.3 is 32.9 Å². The zero-order valence-electron chi connectivity index (χ0n) is 30.5. The predicted octanol–water partition coefficient (Wildman–Crippen LogP) is 6.93. The number of benzene rings is 2. The van der Waals surface area contributed by atoms with Gasteiger partial charge in [-0.2, -0.15) is 0 Å². The van der Waals surface area contributed by atoms with Gasteiger partial charge in [0.2, 0.25) is 0 Å². The van der Waals surface area contributed by atoms with Crippen LogP contribution in [0.3, 0.4) is 0 Å². The van der Waals surface area contributed by atoms with Gasteiger partial charge in [-0.15, -0.1) is 0 Å². The second-order valence-corrected chi connectivity index (χ2v) is 24.1. The van der Waals surface area contributed by atoms with Crippen molar-refractivity contribution in [2.45, 2.75) is 141 Å². The van der Waals surface area contributed by atoms with Gasteiger partial charge in [0, 0.05) is 0 Å². The quantitative estimate of drug-likeness (QED) is 0.161. The Balaban J connectivity index is 1.67. The monoisotopic (exact) mass is 684 g/mol. The molecule has 2 aliphatic rings. The molecule has 262 valence electrons. The highest BCUT2D eigenvalue weighted by Crippen LogP contribution is 2.39. The summed E-state index contributed by atoms with van der Waals surface area (Å²) >= 11 is 0. The maximum atomic E-state index is 11.0. The van der Waals surface area contributed by atoms with Gasteiger partial charge in [-0.05, 0) is 67.7 Å². The molecule has 0 bridgehead atoms. The Morgan fingerprint density at radius 1 is 0.851 bits per heavy atom. The van der Waals surface area contributed by atoms with Crippen molar-refractivity contribution in [3.8, 4) is 0 Å². The van der Waals surface area contributed by atoms with Crippen LogP contribution >= 0.6 is 0 Å². The fraction of sp³-hybridized carbons (Fsp3) is 0.632. The molecule has 2 fully saturated rings. The Bertz CT molecular complexity index is 1230. The molecule has 2 heterocycles. The molecule has 0 amide bonds. The van der Waals surface area contributed by atoms with E-state index in [0.29, 0.717) is 19.6 Å². The van der Waals surface area contributed by atoms with E-state index in [9.17, 15) is 5.11 Å². The summed E-state index contributed by atoms with van der Waals surface area (Å²) in [6.45, 7) is 22.0. The second-order valence-electron chi connectivity index (χ2n) is 15.0. The van der Waals surface area contributed by atoms with Crippen molar-refractivity contribution in [2.75, 3.05) is 13.2 Å². The third-order valence-corrected chi connectivity index (χ3v) is 19.6. The molecule has 0 radical (unpaired) electrons. The van der Waals surface area contributed by atoms with Gasteiger partial charge >= 0.3 is 0 Å². The van der Waals surface area contributed by atoms with Gasteiger partial charge in [0.25, 0.3) is 8.32 Å². The number of aliphatic hydroxyl groups is 1. The van der Waals surface area contributed by atoms with Gasteiger partial charge in [0.05, 0.1) is 25.4 Å². The third kappa shape index (κ3) is 8.93. The van der Waals surface area contributed by atoms with E-state index in [1.807, 2.05) is 33.8 Å². The summed E-state index contributed by atoms with van der Waals surface area (Å²) in [6, 6.07) is 24.4. The summed E-state index contributed by atoms with van der Waals surface area (Å²) in [5, 5.41) is 13.3. The second kappa shape index (κ2) is 15.5. The van der Waals surface area contributed by atoms with E-state index in [1.165, 1.54) is 10.4 Å². The number of rotatable bonds is 15. The minimum absolute atomic E-state index is 0.165. The zero-order chi connectivity index (χ0) is 34.5. The van der Waals surface area contributed by atoms with E-state index in [4.69, 9.17) is 27.8 Å². The smallest absolute Gasteiger partial charge is 0.261 e. The maximum absolute atomic E-state index is 11.0. The molecule has 2 aliphatic heterocycles. The third-order valence-electron chi connectivity index (χ3n) is 9.91. The zero-order valence-corrected chi connectivity index (χ0v) is 32.5. The fourth-order valence-corrected chi connectivity index (χ4v) is 14.5. The number of hydrogen-bond donors (Lipinski definition) is 1. The van der Waals surface area contributed by atoms with E-state index in [-0.39, 0.29) is 23.4 Å². The molecule has 5 atom stereocenters. The van der Waals surface area contributed by atoms with Crippen LogP contribution in [0.25, 0.3) is 0 Å². The molecular formula is C38H60O7Si2. The number of ether oxygens (including phenoxy) is 4. The highest BCUT2D eigenvalue weighted by molar-refractivity contribution is 6.99. The van der Waals surface area contributed by atoms with Gasteiger partial charge in [0.1, 0.15) is 18.3 Å². The van der Waals surface area contributed by atoms with Gasteiger partial charge in [0.15, 0.2) is 19.9 Å². The fourth-order valence-electron chi connectivity index (χ4n) is 7.15. The number of hydrogen-bond acceptors (Lipinski definition) is 7. The van der Waals surface area contributed by atoms with Crippen LogP contribution in [0.2, 0.25) is 23.2 Å². The first-order valence-electron chi connectivity index (χ1n) is 17.6. The molecular weight excluding hydrogens is 625 g/mol. The summed E-state index contributed by atoms with van der Waals surface area (Å²) in [7, 11) is -4.87. The van der Waals surface area contributed by atoms with Crippen LogP contribution in [0.5, 0.6) is 0 Å². The normalized spacial score (nSPS) is 24.5. The van der Waals surface area contributed by atoms with Crippen molar-refractivity contribution in [1.82, 2.24) is 0 Å². The van der Waals surface area contributed by atoms with Crippen LogP contribution in [-0.4, -0.2) is 77.0 Å². The van der Waals surface area contributed by atoms with Gasteiger partial charge in [-0.3, -0.25) is 0 Å². The van der Waals surface area contributed by atoms with Crippen molar-refractivity contribution in [1.29, 1.82) is 0 Å². The van der Waals surface area contributed by atoms with Crippen molar-refractivity contribution < 1.29 is 32.9 Å². The lowest BCUT2D eigenvalue weighted by atomic mass is 10.1. The lowest BCUT2D eigenvalue weighted by molar-refractivity contribution is -0.153. The van der Waals surface area contributed by atoms with Crippen molar-refractivity contribution in [3.05, 3.63) is 72.8 Å². The minimum atomic E-state index is -2.81. The molecule has 7 nitrogen and oxygen atoms in total. The standard InChI is InChI=1S/C38H60O7Si2/c1-11-46(12-2,13-3)45-32(26-20-25-31(39)33-27-40-37(7,8)42-33)35-34(43-38(9,10)44-35)28-41-47(36(4,5)6,29-21-16-14-17-22-29)30-23-18-15-19-24-30/h14-24,26,31-35,39H,11-13,25,27-28H2,1-10H3/b26-20-/t31-,32+,33+,34+,35+/m0/s1. The highest BCUT2D eigenvalue weighted by atomic mass is 28.4. The highest BCUT2D eigenvalue weighted by Gasteiger charge is 2.53. The Morgan fingerprint density at radius 2 is 1.40 bits per heavy atom. The number of aliphatic hydroxyl groups excluding tert-OH is 1. The maximum Gasteiger partial charge on any atom is 0.261 e. The van der Waals surface area contributed by atoms with E-state index >= 15 is 0 Å². The molecule has 0 aromatic heterocycles. The predicted molar refractivity (Wildman–Crippen MR) is 194 cm³/mol.